The van der Waals surface area contributed by atoms with Crippen LogP contribution >= 0.6 is 27.3 Å². The van der Waals surface area contributed by atoms with Gasteiger partial charge in [0.05, 0.1) is 4.83 Å². The average Bonchev–Trinajstić information content (AvgIpc) is 2.57. The second-order valence-electron chi connectivity index (χ2n) is 3.37. The third-order valence-corrected chi connectivity index (χ3v) is 4.22. The van der Waals surface area contributed by atoms with E-state index in [0.717, 1.165) is 4.88 Å². The predicted molar refractivity (Wildman–Crippen MR) is 62.2 cm³/mol. The molecule has 0 aliphatic carbocycles. The van der Waals surface area contributed by atoms with Crippen LogP contribution in [0, 0.1) is 6.92 Å². The predicted octanol–water partition coefficient (Wildman–Crippen LogP) is 4.46. The molecule has 0 N–H and O–H groups in total. The molecule has 1 aromatic rings. The van der Waals surface area contributed by atoms with Crippen LogP contribution in [0.15, 0.2) is 12.1 Å². The van der Waals surface area contributed by atoms with Crippen molar-refractivity contribution in [3.63, 3.8) is 0 Å². The zero-order chi connectivity index (χ0) is 12.2. The van der Waals surface area contributed by atoms with Gasteiger partial charge in [-0.05, 0) is 25.5 Å². The lowest BCUT2D eigenvalue weighted by atomic mass is 10.3. The number of aryl methyl sites for hydroxylation is 1. The first-order chi connectivity index (χ1) is 7.38. The highest BCUT2D eigenvalue weighted by Gasteiger charge is 2.27. The summed E-state index contributed by atoms with van der Waals surface area (Å²) in [5.41, 5.74) is 0. The highest BCUT2D eigenvalue weighted by atomic mass is 79.9. The lowest BCUT2D eigenvalue weighted by Gasteiger charge is -2.10. The van der Waals surface area contributed by atoms with Crippen LogP contribution < -0.4 is 0 Å². The molecular formula is C10H12BrF3OS. The number of rotatable bonds is 5. The molecule has 0 saturated carbocycles. The van der Waals surface area contributed by atoms with E-state index in [2.05, 4.69) is 20.7 Å². The fourth-order valence-electron chi connectivity index (χ4n) is 1.14. The molecule has 0 bridgehead atoms. The van der Waals surface area contributed by atoms with Gasteiger partial charge >= 0.3 is 6.18 Å². The van der Waals surface area contributed by atoms with Crippen molar-refractivity contribution in [3.05, 3.63) is 21.9 Å². The van der Waals surface area contributed by atoms with Crippen LogP contribution in [0.2, 0.25) is 0 Å². The molecule has 1 atom stereocenters. The van der Waals surface area contributed by atoms with Crippen molar-refractivity contribution < 1.29 is 17.9 Å². The molecule has 0 aliphatic heterocycles. The summed E-state index contributed by atoms with van der Waals surface area (Å²) < 4.78 is 39.9. The second-order valence-corrected chi connectivity index (χ2v) is 5.80. The lowest BCUT2D eigenvalue weighted by Crippen LogP contribution is -2.17. The summed E-state index contributed by atoms with van der Waals surface area (Å²) in [6.07, 6.45) is -3.70. The number of alkyl halides is 4. The summed E-state index contributed by atoms with van der Waals surface area (Å²) in [7, 11) is 0. The van der Waals surface area contributed by atoms with Crippen LogP contribution in [0.25, 0.3) is 0 Å². The molecule has 16 heavy (non-hydrogen) atoms. The van der Waals surface area contributed by atoms with E-state index in [4.69, 9.17) is 0 Å². The third-order valence-electron chi connectivity index (χ3n) is 1.85. The van der Waals surface area contributed by atoms with Crippen molar-refractivity contribution in [2.75, 3.05) is 13.2 Å². The minimum Gasteiger partial charge on any atom is -0.372 e. The van der Waals surface area contributed by atoms with Crippen molar-refractivity contribution in [2.24, 2.45) is 0 Å². The Morgan fingerprint density at radius 3 is 2.62 bits per heavy atom. The smallest absolute Gasteiger partial charge is 0.372 e. The van der Waals surface area contributed by atoms with Gasteiger partial charge < -0.3 is 4.74 Å². The Labute approximate surface area is 105 Å². The molecule has 1 nitrogen and oxygen atoms in total. The Morgan fingerprint density at radius 2 is 2.12 bits per heavy atom. The first-order valence-electron chi connectivity index (χ1n) is 4.73. The van der Waals surface area contributed by atoms with E-state index in [1.54, 1.807) is 11.3 Å². The molecule has 1 aromatic heterocycles. The molecule has 6 heteroatoms. The van der Waals surface area contributed by atoms with E-state index in [0.29, 0.717) is 6.42 Å². The maximum absolute atomic E-state index is 11.8. The van der Waals surface area contributed by atoms with Crippen molar-refractivity contribution in [1.29, 1.82) is 0 Å². The van der Waals surface area contributed by atoms with Gasteiger partial charge in [-0.15, -0.1) is 11.3 Å². The molecule has 0 aliphatic rings. The maximum Gasteiger partial charge on any atom is 0.411 e. The molecule has 0 saturated heterocycles. The Kier molecular flexibility index (Phi) is 5.27. The van der Waals surface area contributed by atoms with Crippen LogP contribution in [0.1, 0.15) is 21.0 Å². The first kappa shape index (κ1) is 14.0. The zero-order valence-corrected chi connectivity index (χ0v) is 11.1. The number of hydrogen-bond donors (Lipinski definition) is 0. The largest absolute Gasteiger partial charge is 0.411 e. The monoisotopic (exact) mass is 316 g/mol. The normalized spacial score (nSPS) is 14.1. The molecule has 1 unspecified atom stereocenters. The minimum absolute atomic E-state index is 0.0689. The molecule has 0 radical (unpaired) electrons. The average molecular weight is 317 g/mol. The van der Waals surface area contributed by atoms with Crippen molar-refractivity contribution in [2.45, 2.75) is 24.3 Å². The van der Waals surface area contributed by atoms with E-state index in [-0.39, 0.29) is 11.4 Å². The molecule has 0 fully saturated rings. The van der Waals surface area contributed by atoms with Gasteiger partial charge in [-0.25, -0.2) is 0 Å². The standard InChI is InChI=1S/C10H12BrF3OS/c1-7-2-3-9(16-7)8(11)4-5-15-6-10(12,13)14/h2-3,8H,4-6H2,1H3. The van der Waals surface area contributed by atoms with Gasteiger partial charge in [0, 0.05) is 16.4 Å². The number of hydrogen-bond acceptors (Lipinski definition) is 2. The molecule has 1 rings (SSSR count). The molecule has 0 amide bonds. The zero-order valence-electron chi connectivity index (χ0n) is 8.68. The van der Waals surface area contributed by atoms with Gasteiger partial charge in [-0.3, -0.25) is 0 Å². The Hall–Kier alpha value is -0.0700. The molecule has 0 aromatic carbocycles. The summed E-state index contributed by atoms with van der Waals surface area (Å²) in [5, 5.41) is 0. The first-order valence-corrected chi connectivity index (χ1v) is 6.46. The summed E-state index contributed by atoms with van der Waals surface area (Å²) in [5.74, 6) is 0. The fraction of sp³-hybridized carbons (Fsp3) is 0.600. The molecule has 0 spiro atoms. The summed E-state index contributed by atoms with van der Waals surface area (Å²) in [4.78, 5) is 2.38. The second kappa shape index (κ2) is 6.02. The van der Waals surface area contributed by atoms with Gasteiger partial charge in [0.1, 0.15) is 6.61 Å². The summed E-state index contributed by atoms with van der Waals surface area (Å²) in [6.45, 7) is 0.927. The SMILES string of the molecule is Cc1ccc(C(Br)CCOCC(F)(F)F)s1. The number of halogens is 4. The van der Waals surface area contributed by atoms with Crippen LogP contribution in [0.3, 0.4) is 0 Å². The van der Waals surface area contributed by atoms with Gasteiger partial charge in [-0.2, -0.15) is 13.2 Å². The van der Waals surface area contributed by atoms with Crippen LogP contribution in [-0.4, -0.2) is 19.4 Å². The third kappa shape index (κ3) is 5.32. The van der Waals surface area contributed by atoms with E-state index >= 15 is 0 Å². The quantitative estimate of drug-likeness (QED) is 0.575. The highest BCUT2D eigenvalue weighted by molar-refractivity contribution is 9.09. The van der Waals surface area contributed by atoms with Gasteiger partial charge in [0.25, 0.3) is 0 Å². The van der Waals surface area contributed by atoms with E-state index in [1.165, 1.54) is 4.88 Å². The molecule has 1 heterocycles. The number of thiophene rings is 1. The van der Waals surface area contributed by atoms with Crippen LogP contribution in [-0.2, 0) is 4.74 Å². The van der Waals surface area contributed by atoms with Gasteiger partial charge in [-0.1, -0.05) is 15.9 Å². The fourth-order valence-corrected chi connectivity index (χ4v) is 2.65. The Bertz CT molecular complexity index is 324. The molecule has 92 valence electrons. The summed E-state index contributed by atoms with van der Waals surface area (Å²) >= 11 is 5.06. The Morgan fingerprint density at radius 1 is 1.44 bits per heavy atom. The molecular weight excluding hydrogens is 305 g/mol. The lowest BCUT2D eigenvalue weighted by molar-refractivity contribution is -0.174. The van der Waals surface area contributed by atoms with Crippen LogP contribution in [0.4, 0.5) is 13.2 Å². The van der Waals surface area contributed by atoms with Crippen molar-refractivity contribution >= 4 is 27.3 Å². The number of ether oxygens (including phenoxy) is 1. The maximum atomic E-state index is 11.8. The topological polar surface area (TPSA) is 9.23 Å². The van der Waals surface area contributed by atoms with Crippen molar-refractivity contribution in [3.8, 4) is 0 Å². The van der Waals surface area contributed by atoms with Crippen molar-refractivity contribution in [1.82, 2.24) is 0 Å². The van der Waals surface area contributed by atoms with E-state index in [1.807, 2.05) is 19.1 Å². The highest BCUT2D eigenvalue weighted by Crippen LogP contribution is 2.32. The van der Waals surface area contributed by atoms with E-state index in [9.17, 15) is 13.2 Å². The van der Waals surface area contributed by atoms with Gasteiger partial charge in [0.2, 0.25) is 0 Å². The summed E-state index contributed by atoms with van der Waals surface area (Å²) in [6, 6.07) is 3.97. The minimum atomic E-state index is -4.23. The van der Waals surface area contributed by atoms with Gasteiger partial charge in [0.15, 0.2) is 0 Å². The Balaban J connectivity index is 2.23. The van der Waals surface area contributed by atoms with Crippen LogP contribution in [0.5, 0.6) is 0 Å². The van der Waals surface area contributed by atoms with E-state index < -0.39 is 12.8 Å².